The molecule has 3 fully saturated rings. The number of primary amides is 1. The average molecular weight is 735 g/mol. The van der Waals surface area contributed by atoms with Gasteiger partial charge < -0.3 is 30.2 Å². The molecule has 8 rings (SSSR count). The molecular weight excluding hydrogens is 694 g/mol. The number of H-pyrrole nitrogens is 2. The zero-order valence-corrected chi connectivity index (χ0v) is 29.4. The van der Waals surface area contributed by atoms with Crippen molar-refractivity contribution in [1.82, 2.24) is 35.1 Å². The van der Waals surface area contributed by atoms with E-state index in [1.807, 2.05) is 54.6 Å². The molecule has 0 bridgehead atoms. The van der Waals surface area contributed by atoms with Crippen LogP contribution in [-0.2, 0) is 14.3 Å². The predicted octanol–water partition coefficient (Wildman–Crippen LogP) is 6.29. The summed E-state index contributed by atoms with van der Waals surface area (Å²) >= 11 is 0. The van der Waals surface area contributed by atoms with Gasteiger partial charge in [0.25, 0.3) is 11.8 Å². The normalized spacial score (nSPS) is 21.3. The van der Waals surface area contributed by atoms with Crippen LogP contribution < -0.4 is 11.1 Å². The largest absolute Gasteiger partial charge is 0.431 e. The van der Waals surface area contributed by atoms with E-state index in [4.69, 9.17) is 10.5 Å². The van der Waals surface area contributed by atoms with Crippen LogP contribution in [0.3, 0.4) is 0 Å². The number of alkyl halides is 2. The number of halogens is 2. The number of ether oxygens (including phenoxy) is 1. The molecule has 0 spiro atoms. The molecule has 2 aromatic heterocycles. The molecule has 0 radical (unpaired) electrons. The molecule has 14 heteroatoms. The van der Waals surface area contributed by atoms with Gasteiger partial charge in [-0.3, -0.25) is 14.9 Å². The number of nitrogens with two attached hydrogens (primary N) is 1. The standard InChI is InChI=1S/C40H40F2N8O4/c41-40(42)20-29(46-23-40)37(51)49-18-4-8-32(49)35-44-21-30(47-35)26-14-10-24(11-15-26)25-12-16-27(17-13-25)31-22-45-36(48-31)33-9-5-19-50(33)38(52)34(54-39(43)53)28-6-2-1-3-7-28/h1-3,6-7,10-17,21-22,29,32-34,46H,4-5,8-9,18-20,23H2,(H2,43,53)(H,44,47)(H,45,48)/t29-,32-,33-,34+/m0/s1. The maximum atomic E-state index is 13.8. The van der Waals surface area contributed by atoms with Crippen molar-refractivity contribution in [3.8, 4) is 33.6 Å². The molecule has 0 aliphatic carbocycles. The van der Waals surface area contributed by atoms with Crippen molar-refractivity contribution in [2.45, 2.75) is 62.3 Å². The summed E-state index contributed by atoms with van der Waals surface area (Å²) in [6.07, 6.45) is 3.88. The van der Waals surface area contributed by atoms with Gasteiger partial charge >= 0.3 is 6.09 Å². The van der Waals surface area contributed by atoms with Crippen LogP contribution >= 0.6 is 0 Å². The molecule has 3 aliphatic rings. The Labute approximate surface area is 310 Å². The van der Waals surface area contributed by atoms with Crippen molar-refractivity contribution in [1.29, 1.82) is 0 Å². The van der Waals surface area contributed by atoms with Gasteiger partial charge in [0.2, 0.25) is 12.0 Å². The van der Waals surface area contributed by atoms with Gasteiger partial charge in [-0.25, -0.2) is 23.5 Å². The number of hydrogen-bond acceptors (Lipinski definition) is 7. The first-order valence-electron chi connectivity index (χ1n) is 18.2. The molecule has 3 aliphatic heterocycles. The summed E-state index contributed by atoms with van der Waals surface area (Å²) in [7, 11) is 0. The van der Waals surface area contributed by atoms with E-state index in [9.17, 15) is 23.2 Å². The molecule has 54 heavy (non-hydrogen) atoms. The summed E-state index contributed by atoms with van der Waals surface area (Å²) in [5.74, 6) is -2.19. The smallest absolute Gasteiger partial charge is 0.405 e. The van der Waals surface area contributed by atoms with E-state index in [0.717, 1.165) is 52.9 Å². The van der Waals surface area contributed by atoms with Gasteiger partial charge in [-0.2, -0.15) is 0 Å². The second-order valence-corrected chi connectivity index (χ2v) is 14.1. The number of nitrogens with zero attached hydrogens (tertiary/aromatic N) is 4. The van der Waals surface area contributed by atoms with Gasteiger partial charge in [0.15, 0.2) is 0 Å². The first-order valence-corrected chi connectivity index (χ1v) is 18.2. The van der Waals surface area contributed by atoms with E-state index in [1.165, 1.54) is 0 Å². The Morgan fingerprint density at radius 2 is 1.28 bits per heavy atom. The van der Waals surface area contributed by atoms with E-state index >= 15 is 0 Å². The molecule has 278 valence electrons. The topological polar surface area (TPSA) is 162 Å². The Hall–Kier alpha value is -5.89. The number of hydrogen-bond donors (Lipinski definition) is 4. The molecule has 5 heterocycles. The maximum Gasteiger partial charge on any atom is 0.405 e. The van der Waals surface area contributed by atoms with E-state index in [2.05, 4.69) is 25.3 Å². The van der Waals surface area contributed by atoms with Crippen LogP contribution in [0.1, 0.15) is 67.5 Å². The lowest BCUT2D eigenvalue weighted by atomic mass is 10.0. The Bertz CT molecular complexity index is 2140. The zero-order valence-electron chi connectivity index (χ0n) is 29.4. The molecule has 0 unspecified atom stereocenters. The molecule has 12 nitrogen and oxygen atoms in total. The van der Waals surface area contributed by atoms with Gasteiger partial charge in [0.1, 0.15) is 11.6 Å². The molecule has 5 aromatic rings. The number of amides is 3. The number of aromatic nitrogens is 4. The molecule has 3 aromatic carbocycles. The van der Waals surface area contributed by atoms with Crippen molar-refractivity contribution < 1.29 is 27.9 Å². The van der Waals surface area contributed by atoms with Crippen LogP contribution in [0.5, 0.6) is 0 Å². The zero-order chi connectivity index (χ0) is 37.4. The van der Waals surface area contributed by atoms with Crippen molar-refractivity contribution >= 4 is 17.9 Å². The van der Waals surface area contributed by atoms with Crippen LogP contribution in [0.4, 0.5) is 13.6 Å². The third kappa shape index (κ3) is 7.08. The van der Waals surface area contributed by atoms with Crippen molar-refractivity contribution in [3.05, 3.63) is 108 Å². The number of nitrogens with one attached hydrogen (secondary N) is 3. The lowest BCUT2D eigenvalue weighted by molar-refractivity contribution is -0.141. The number of aromatic amines is 2. The van der Waals surface area contributed by atoms with Crippen LogP contribution in [0.25, 0.3) is 33.6 Å². The van der Waals surface area contributed by atoms with Crippen LogP contribution in [0.2, 0.25) is 0 Å². The molecule has 4 atom stereocenters. The highest BCUT2D eigenvalue weighted by atomic mass is 19.3. The molecule has 3 saturated heterocycles. The minimum absolute atomic E-state index is 0.277. The van der Waals surface area contributed by atoms with Crippen molar-refractivity contribution in [3.63, 3.8) is 0 Å². The van der Waals surface area contributed by atoms with Crippen molar-refractivity contribution in [2.24, 2.45) is 5.73 Å². The molecular formula is C40H40F2N8O4. The molecule has 0 saturated carbocycles. The summed E-state index contributed by atoms with van der Waals surface area (Å²) in [5, 5.41) is 2.68. The number of imidazole rings is 2. The predicted molar refractivity (Wildman–Crippen MR) is 196 cm³/mol. The average Bonchev–Trinajstić information content (AvgIpc) is 4.03. The summed E-state index contributed by atoms with van der Waals surface area (Å²) in [6, 6.07) is 23.6. The van der Waals surface area contributed by atoms with Crippen molar-refractivity contribution in [2.75, 3.05) is 19.6 Å². The Morgan fingerprint density at radius 3 is 1.80 bits per heavy atom. The Morgan fingerprint density at radius 1 is 0.759 bits per heavy atom. The van der Waals surface area contributed by atoms with Gasteiger partial charge in [0, 0.05) is 25.1 Å². The lowest BCUT2D eigenvalue weighted by Crippen LogP contribution is -2.43. The monoisotopic (exact) mass is 734 g/mol. The highest BCUT2D eigenvalue weighted by Crippen LogP contribution is 2.37. The second kappa shape index (κ2) is 14.5. The minimum atomic E-state index is -2.87. The third-order valence-corrected chi connectivity index (χ3v) is 10.6. The van der Waals surface area contributed by atoms with E-state index < -0.39 is 37.1 Å². The lowest BCUT2D eigenvalue weighted by Gasteiger charge is -2.27. The summed E-state index contributed by atoms with van der Waals surface area (Å²) in [5.41, 5.74) is 11.4. The number of carbonyl (C=O) groups is 3. The highest BCUT2D eigenvalue weighted by Gasteiger charge is 2.45. The number of likely N-dealkylation sites (tertiary alicyclic amines) is 2. The van der Waals surface area contributed by atoms with Crippen LogP contribution in [0.15, 0.2) is 91.3 Å². The van der Waals surface area contributed by atoms with E-state index in [-0.39, 0.29) is 23.9 Å². The van der Waals surface area contributed by atoms with Gasteiger partial charge in [0.05, 0.1) is 48.5 Å². The SMILES string of the molecule is NC(=O)O[C@@H](C(=O)N1CCC[C@H]1c1ncc(-c2ccc(-c3ccc(-c4cnc([C@@H]5CCCN5C(=O)[C@@H]5CC(F)(F)CN5)[nH]4)cc3)cc2)[nH]1)c1ccccc1. The Balaban J connectivity index is 0.922. The maximum absolute atomic E-state index is 13.8. The van der Waals surface area contributed by atoms with E-state index in [0.29, 0.717) is 36.7 Å². The fraction of sp³-hybridized carbons (Fsp3) is 0.325. The fourth-order valence-electron chi connectivity index (χ4n) is 7.87. The quantitative estimate of drug-likeness (QED) is 0.138. The number of benzene rings is 3. The molecule has 3 amide bonds. The first-order chi connectivity index (χ1) is 26.1. The summed E-state index contributed by atoms with van der Waals surface area (Å²) in [6.45, 7) is 0.547. The van der Waals surface area contributed by atoms with Gasteiger partial charge in [-0.1, -0.05) is 78.9 Å². The van der Waals surface area contributed by atoms with Crippen LogP contribution in [-0.4, -0.2) is 79.2 Å². The first kappa shape index (κ1) is 35.2. The number of carbonyl (C=O) groups excluding carboxylic acids is 3. The third-order valence-electron chi connectivity index (χ3n) is 10.6. The second-order valence-electron chi connectivity index (χ2n) is 14.1. The van der Waals surface area contributed by atoms with Gasteiger partial charge in [-0.05, 0) is 47.9 Å². The Kier molecular flexibility index (Phi) is 9.44. The fourth-order valence-corrected chi connectivity index (χ4v) is 7.87. The summed E-state index contributed by atoms with van der Waals surface area (Å²) < 4.78 is 32.8. The minimum Gasteiger partial charge on any atom is -0.431 e. The van der Waals surface area contributed by atoms with E-state index in [1.54, 1.807) is 46.5 Å². The highest BCUT2D eigenvalue weighted by molar-refractivity contribution is 5.85. The number of rotatable bonds is 9. The summed E-state index contributed by atoms with van der Waals surface area (Å²) in [4.78, 5) is 57.9. The van der Waals surface area contributed by atoms with Crippen LogP contribution in [0, 0.1) is 0 Å². The van der Waals surface area contributed by atoms with Gasteiger partial charge in [-0.15, -0.1) is 0 Å². The molecule has 5 N–H and O–H groups in total.